The van der Waals surface area contributed by atoms with E-state index in [1.54, 1.807) is 6.92 Å². The molecule has 0 saturated heterocycles. The molecule has 0 bridgehead atoms. The number of rotatable bonds is 5. The molecule has 1 N–H and O–H groups in total. The smallest absolute Gasteiger partial charge is 0.387 e. The predicted octanol–water partition coefficient (Wildman–Crippen LogP) is 4.33. The predicted molar refractivity (Wildman–Crippen MR) is 86.4 cm³/mol. The van der Waals surface area contributed by atoms with E-state index in [1.165, 1.54) is 18.3 Å². The van der Waals surface area contributed by atoms with E-state index >= 15 is 0 Å². The van der Waals surface area contributed by atoms with Gasteiger partial charge in [0.15, 0.2) is 0 Å². The third-order valence-electron chi connectivity index (χ3n) is 4.18. The number of halogens is 5. The molecule has 1 aliphatic rings. The first-order valence-corrected chi connectivity index (χ1v) is 8.04. The molecule has 4 nitrogen and oxygen atoms in total. The highest BCUT2D eigenvalue weighted by molar-refractivity contribution is 5.95. The van der Waals surface area contributed by atoms with Gasteiger partial charge in [0.2, 0.25) is 0 Å². The first-order chi connectivity index (χ1) is 12.6. The van der Waals surface area contributed by atoms with Gasteiger partial charge in [-0.25, -0.2) is 13.2 Å². The number of aromatic nitrogens is 1. The lowest BCUT2D eigenvalue weighted by molar-refractivity contribution is -0.0901. The summed E-state index contributed by atoms with van der Waals surface area (Å²) < 4.78 is 68.5. The zero-order valence-electron chi connectivity index (χ0n) is 14.1. The summed E-state index contributed by atoms with van der Waals surface area (Å²) in [5.74, 6) is -4.53. The Hall–Kier alpha value is -2.71. The molecule has 144 valence electrons. The van der Waals surface area contributed by atoms with E-state index < -0.39 is 43.1 Å². The summed E-state index contributed by atoms with van der Waals surface area (Å²) in [5.41, 5.74) is 1.04. The Kier molecular flexibility index (Phi) is 5.03. The Bertz CT molecular complexity index is 865. The highest BCUT2D eigenvalue weighted by Gasteiger charge is 2.45. The first kappa shape index (κ1) is 19.1. The normalized spacial score (nSPS) is 16.1. The molecule has 27 heavy (non-hydrogen) atoms. The van der Waals surface area contributed by atoms with Crippen molar-refractivity contribution < 1.29 is 31.5 Å². The van der Waals surface area contributed by atoms with Crippen LogP contribution in [0, 0.1) is 12.7 Å². The van der Waals surface area contributed by atoms with Crippen LogP contribution in [0.2, 0.25) is 0 Å². The lowest BCUT2D eigenvalue weighted by atomic mass is 9.88. The van der Waals surface area contributed by atoms with E-state index in [0.29, 0.717) is 11.3 Å². The molecule has 1 heterocycles. The van der Waals surface area contributed by atoms with Crippen molar-refractivity contribution in [2.45, 2.75) is 38.3 Å². The number of nitrogens with zero attached hydrogens (tertiary/aromatic N) is 1. The summed E-state index contributed by atoms with van der Waals surface area (Å²) in [5, 5.41) is 2.48. The van der Waals surface area contributed by atoms with Gasteiger partial charge in [-0.05, 0) is 30.7 Å². The average molecular weight is 386 g/mol. The quantitative estimate of drug-likeness (QED) is 0.779. The third kappa shape index (κ3) is 4.53. The SMILES string of the molecule is Cc1ncc(C(=O)NC2CC(F)(F)C2)cc1-c1cc(F)cc(OC(F)F)c1. The van der Waals surface area contributed by atoms with Gasteiger partial charge in [-0.15, -0.1) is 0 Å². The van der Waals surface area contributed by atoms with Crippen molar-refractivity contribution in [3.8, 4) is 16.9 Å². The minimum atomic E-state index is -3.11. The highest BCUT2D eigenvalue weighted by Crippen LogP contribution is 2.37. The van der Waals surface area contributed by atoms with Crippen molar-refractivity contribution in [1.29, 1.82) is 0 Å². The molecule has 0 radical (unpaired) electrons. The molecule has 0 unspecified atom stereocenters. The third-order valence-corrected chi connectivity index (χ3v) is 4.18. The number of aryl methyl sites for hydroxylation is 1. The summed E-state index contributed by atoms with van der Waals surface area (Å²) in [6.45, 7) is -1.52. The van der Waals surface area contributed by atoms with Crippen molar-refractivity contribution in [3.05, 3.63) is 47.5 Å². The second-order valence-corrected chi connectivity index (χ2v) is 6.35. The van der Waals surface area contributed by atoms with Crippen LogP contribution in [0.15, 0.2) is 30.5 Å². The van der Waals surface area contributed by atoms with Gasteiger partial charge < -0.3 is 10.1 Å². The number of ether oxygens (including phenoxy) is 1. The molecule has 1 fully saturated rings. The van der Waals surface area contributed by atoms with E-state index in [2.05, 4.69) is 15.0 Å². The Labute approximate surface area is 151 Å². The first-order valence-electron chi connectivity index (χ1n) is 8.04. The lowest BCUT2D eigenvalue weighted by Crippen LogP contribution is -2.50. The molecule has 0 aliphatic heterocycles. The van der Waals surface area contributed by atoms with Crippen LogP contribution in [-0.2, 0) is 0 Å². The van der Waals surface area contributed by atoms with Crippen LogP contribution in [0.3, 0.4) is 0 Å². The Morgan fingerprint density at radius 1 is 1.26 bits per heavy atom. The van der Waals surface area contributed by atoms with Gasteiger partial charge in [0.05, 0.1) is 5.56 Å². The highest BCUT2D eigenvalue weighted by atomic mass is 19.3. The molecule has 1 aliphatic carbocycles. The molecular weight excluding hydrogens is 371 g/mol. The van der Waals surface area contributed by atoms with E-state index in [4.69, 9.17) is 0 Å². The fourth-order valence-corrected chi connectivity index (χ4v) is 2.87. The molecule has 0 spiro atoms. The summed E-state index contributed by atoms with van der Waals surface area (Å²) in [6.07, 6.45) is 0.410. The van der Waals surface area contributed by atoms with Gasteiger partial charge in [-0.3, -0.25) is 9.78 Å². The van der Waals surface area contributed by atoms with Crippen molar-refractivity contribution in [3.63, 3.8) is 0 Å². The summed E-state index contributed by atoms with van der Waals surface area (Å²) in [4.78, 5) is 16.3. The number of hydrogen-bond donors (Lipinski definition) is 1. The van der Waals surface area contributed by atoms with Gasteiger partial charge in [0.25, 0.3) is 11.8 Å². The number of pyridine rings is 1. The Morgan fingerprint density at radius 2 is 1.96 bits per heavy atom. The van der Waals surface area contributed by atoms with E-state index in [0.717, 1.165) is 12.1 Å². The van der Waals surface area contributed by atoms with E-state index in [1.807, 2.05) is 0 Å². The van der Waals surface area contributed by atoms with Crippen molar-refractivity contribution in [1.82, 2.24) is 10.3 Å². The van der Waals surface area contributed by atoms with Crippen LogP contribution in [0.25, 0.3) is 11.1 Å². The molecule has 1 saturated carbocycles. The van der Waals surface area contributed by atoms with Crippen molar-refractivity contribution in [2.24, 2.45) is 0 Å². The molecule has 1 aromatic heterocycles. The number of benzene rings is 1. The van der Waals surface area contributed by atoms with Gasteiger partial charge in [0, 0.05) is 42.4 Å². The number of hydrogen-bond acceptors (Lipinski definition) is 3. The minimum Gasteiger partial charge on any atom is -0.435 e. The fraction of sp³-hybridized carbons (Fsp3) is 0.333. The maximum Gasteiger partial charge on any atom is 0.387 e. The summed E-state index contributed by atoms with van der Waals surface area (Å²) in [7, 11) is 0. The van der Waals surface area contributed by atoms with E-state index in [9.17, 15) is 26.7 Å². The topological polar surface area (TPSA) is 51.2 Å². The fourth-order valence-electron chi connectivity index (χ4n) is 2.87. The lowest BCUT2D eigenvalue weighted by Gasteiger charge is -2.35. The summed E-state index contributed by atoms with van der Waals surface area (Å²) in [6, 6.07) is 3.88. The molecule has 3 rings (SSSR count). The van der Waals surface area contributed by atoms with E-state index in [-0.39, 0.29) is 16.9 Å². The number of nitrogens with one attached hydrogen (secondary N) is 1. The molecule has 2 aromatic rings. The standard InChI is InChI=1S/C18H15F5N2O2/c1-9-15(10-2-12(19)5-14(3-10)27-17(20)21)4-11(8-24-9)16(26)25-13-6-18(22,23)7-13/h2-5,8,13,17H,6-7H2,1H3,(H,25,26). The zero-order valence-corrected chi connectivity index (χ0v) is 14.1. The van der Waals surface area contributed by atoms with Crippen molar-refractivity contribution >= 4 is 5.91 Å². The average Bonchev–Trinajstić information content (AvgIpc) is 2.52. The van der Waals surface area contributed by atoms with Crippen LogP contribution in [0.4, 0.5) is 22.0 Å². The van der Waals surface area contributed by atoms with Crippen LogP contribution >= 0.6 is 0 Å². The molecule has 1 aromatic carbocycles. The Balaban J connectivity index is 1.85. The van der Waals surface area contributed by atoms with Crippen LogP contribution < -0.4 is 10.1 Å². The largest absolute Gasteiger partial charge is 0.435 e. The van der Waals surface area contributed by atoms with Crippen molar-refractivity contribution in [2.75, 3.05) is 0 Å². The number of alkyl halides is 4. The van der Waals surface area contributed by atoms with Gasteiger partial charge >= 0.3 is 6.61 Å². The van der Waals surface area contributed by atoms with Gasteiger partial charge in [-0.1, -0.05) is 0 Å². The van der Waals surface area contributed by atoms with Crippen LogP contribution in [-0.4, -0.2) is 29.5 Å². The molecule has 0 atom stereocenters. The summed E-state index contributed by atoms with van der Waals surface area (Å²) >= 11 is 0. The molecule has 9 heteroatoms. The van der Waals surface area contributed by atoms with Gasteiger partial charge in [0.1, 0.15) is 11.6 Å². The monoisotopic (exact) mass is 386 g/mol. The number of carbonyl (C=O) groups excluding carboxylic acids is 1. The Morgan fingerprint density at radius 3 is 2.59 bits per heavy atom. The van der Waals surface area contributed by atoms with Crippen LogP contribution in [0.1, 0.15) is 28.9 Å². The van der Waals surface area contributed by atoms with Crippen LogP contribution in [0.5, 0.6) is 5.75 Å². The number of amides is 1. The molecule has 1 amide bonds. The number of carbonyl (C=O) groups is 1. The second kappa shape index (κ2) is 7.13. The second-order valence-electron chi connectivity index (χ2n) is 6.35. The maximum absolute atomic E-state index is 13.8. The molecular formula is C18H15F5N2O2. The maximum atomic E-state index is 13.8. The minimum absolute atomic E-state index is 0.0893. The van der Waals surface area contributed by atoms with Gasteiger partial charge in [-0.2, -0.15) is 8.78 Å². The zero-order chi connectivity index (χ0) is 19.8.